The largest absolute Gasteiger partial charge is 0.449 e. The van der Waals surface area contributed by atoms with E-state index in [4.69, 9.17) is 14.4 Å². The first-order valence-corrected chi connectivity index (χ1v) is 5.25. The number of hydrogen-bond donors (Lipinski definition) is 1. The van der Waals surface area contributed by atoms with E-state index < -0.39 is 0 Å². The molecule has 1 aromatic heterocycles. The zero-order valence-electron chi connectivity index (χ0n) is 9.24. The van der Waals surface area contributed by atoms with E-state index in [0.29, 0.717) is 25.5 Å². The average Bonchev–Trinajstić information content (AvgIpc) is 2.76. The van der Waals surface area contributed by atoms with Gasteiger partial charge in [-0.05, 0) is 18.6 Å². The first-order valence-electron chi connectivity index (χ1n) is 5.25. The van der Waals surface area contributed by atoms with Gasteiger partial charge in [-0.25, -0.2) is 0 Å². The maximum Gasteiger partial charge on any atom is 0.203 e. The van der Waals surface area contributed by atoms with Crippen LogP contribution in [0.25, 0.3) is 0 Å². The lowest BCUT2D eigenvalue weighted by Crippen LogP contribution is -2.19. The van der Waals surface area contributed by atoms with Gasteiger partial charge in [0.05, 0.1) is 19.8 Å². The lowest BCUT2D eigenvalue weighted by Gasteiger charge is -2.03. The standard InChI is InChI=1S/C12H16N2O2/c1-2-3-7-15-8-6-14-10-12-5-4-11(9-13)16-12/h2,4-5,14H,1,3,6-8,10H2. The van der Waals surface area contributed by atoms with Crippen LogP contribution in [-0.2, 0) is 11.3 Å². The van der Waals surface area contributed by atoms with Crippen molar-refractivity contribution in [2.45, 2.75) is 13.0 Å². The van der Waals surface area contributed by atoms with Gasteiger partial charge in [0.25, 0.3) is 0 Å². The Balaban J connectivity index is 2.03. The van der Waals surface area contributed by atoms with Crippen LogP contribution in [0, 0.1) is 11.3 Å². The molecule has 0 aromatic carbocycles. The molecule has 0 aliphatic carbocycles. The molecule has 4 heteroatoms. The molecule has 0 saturated carbocycles. The summed E-state index contributed by atoms with van der Waals surface area (Å²) in [7, 11) is 0. The minimum atomic E-state index is 0.346. The molecule has 0 amide bonds. The van der Waals surface area contributed by atoms with Crippen LogP contribution in [0.2, 0.25) is 0 Å². The van der Waals surface area contributed by atoms with Crippen LogP contribution < -0.4 is 5.32 Å². The fraction of sp³-hybridized carbons (Fsp3) is 0.417. The third kappa shape index (κ3) is 4.78. The predicted octanol–water partition coefficient (Wildman–Crippen LogP) is 1.83. The normalized spacial score (nSPS) is 9.94. The van der Waals surface area contributed by atoms with E-state index in [1.807, 2.05) is 12.1 Å². The zero-order valence-corrected chi connectivity index (χ0v) is 9.24. The van der Waals surface area contributed by atoms with Gasteiger partial charge in [0.2, 0.25) is 5.76 Å². The van der Waals surface area contributed by atoms with E-state index in [1.165, 1.54) is 0 Å². The molecular weight excluding hydrogens is 204 g/mol. The zero-order chi connectivity index (χ0) is 11.6. The van der Waals surface area contributed by atoms with E-state index >= 15 is 0 Å². The van der Waals surface area contributed by atoms with Gasteiger partial charge in [0, 0.05) is 6.54 Å². The second-order valence-corrected chi connectivity index (χ2v) is 3.24. The SMILES string of the molecule is C=CCCOCCNCc1ccc(C#N)o1. The van der Waals surface area contributed by atoms with Gasteiger partial charge in [-0.2, -0.15) is 5.26 Å². The topological polar surface area (TPSA) is 58.2 Å². The highest BCUT2D eigenvalue weighted by atomic mass is 16.5. The van der Waals surface area contributed by atoms with Crippen molar-refractivity contribution in [2.75, 3.05) is 19.8 Å². The Hall–Kier alpha value is -1.57. The fourth-order valence-electron chi connectivity index (χ4n) is 1.16. The molecule has 0 saturated heterocycles. The predicted molar refractivity (Wildman–Crippen MR) is 60.8 cm³/mol. The van der Waals surface area contributed by atoms with Gasteiger partial charge in [0.15, 0.2) is 0 Å². The summed E-state index contributed by atoms with van der Waals surface area (Å²) in [5, 5.41) is 11.7. The lowest BCUT2D eigenvalue weighted by atomic mass is 10.4. The van der Waals surface area contributed by atoms with E-state index in [9.17, 15) is 0 Å². The Morgan fingerprint density at radius 3 is 3.06 bits per heavy atom. The van der Waals surface area contributed by atoms with Crippen LogP contribution in [0.15, 0.2) is 29.2 Å². The Kier molecular flexibility index (Phi) is 6.00. The number of furan rings is 1. The third-order valence-electron chi connectivity index (χ3n) is 1.96. The highest BCUT2D eigenvalue weighted by Gasteiger charge is 1.99. The molecule has 0 aliphatic rings. The van der Waals surface area contributed by atoms with Crippen molar-refractivity contribution in [1.29, 1.82) is 5.26 Å². The molecule has 1 aromatic rings. The number of nitrogens with one attached hydrogen (secondary N) is 1. The van der Waals surface area contributed by atoms with Gasteiger partial charge >= 0.3 is 0 Å². The summed E-state index contributed by atoms with van der Waals surface area (Å²) >= 11 is 0. The summed E-state index contributed by atoms with van der Waals surface area (Å²) in [6.07, 6.45) is 2.71. The van der Waals surface area contributed by atoms with Crippen LogP contribution in [0.5, 0.6) is 0 Å². The Labute approximate surface area is 95.5 Å². The first kappa shape index (κ1) is 12.5. The smallest absolute Gasteiger partial charge is 0.203 e. The number of nitriles is 1. The second-order valence-electron chi connectivity index (χ2n) is 3.24. The summed E-state index contributed by atoms with van der Waals surface area (Å²) in [6.45, 7) is 6.37. The van der Waals surface area contributed by atoms with Gasteiger partial charge in [-0.1, -0.05) is 6.08 Å². The fourth-order valence-corrected chi connectivity index (χ4v) is 1.16. The van der Waals surface area contributed by atoms with Crippen molar-refractivity contribution >= 4 is 0 Å². The third-order valence-corrected chi connectivity index (χ3v) is 1.96. The first-order chi connectivity index (χ1) is 7.86. The number of hydrogen-bond acceptors (Lipinski definition) is 4. The van der Waals surface area contributed by atoms with E-state index in [1.54, 1.807) is 12.1 Å². The molecule has 1 heterocycles. The summed E-state index contributed by atoms with van der Waals surface area (Å²) in [6, 6.07) is 5.40. The molecule has 0 bridgehead atoms. The maximum absolute atomic E-state index is 8.55. The number of rotatable bonds is 8. The molecule has 1 rings (SSSR count). The molecule has 0 spiro atoms. The molecule has 0 radical (unpaired) electrons. The van der Waals surface area contributed by atoms with Crippen molar-refractivity contribution in [3.63, 3.8) is 0 Å². The Morgan fingerprint density at radius 2 is 2.38 bits per heavy atom. The molecule has 0 fully saturated rings. The maximum atomic E-state index is 8.55. The van der Waals surface area contributed by atoms with Crippen LogP contribution in [0.1, 0.15) is 17.9 Å². The minimum absolute atomic E-state index is 0.346. The summed E-state index contributed by atoms with van der Waals surface area (Å²) < 4.78 is 10.5. The van der Waals surface area contributed by atoms with Crippen molar-refractivity contribution < 1.29 is 9.15 Å². The highest BCUT2D eigenvalue weighted by molar-refractivity contribution is 5.18. The highest BCUT2D eigenvalue weighted by Crippen LogP contribution is 2.05. The van der Waals surface area contributed by atoms with E-state index in [2.05, 4.69) is 11.9 Å². The second kappa shape index (κ2) is 7.69. The molecule has 0 aliphatic heterocycles. The van der Waals surface area contributed by atoms with Crippen molar-refractivity contribution in [1.82, 2.24) is 5.32 Å². The molecule has 0 unspecified atom stereocenters. The minimum Gasteiger partial charge on any atom is -0.449 e. The Morgan fingerprint density at radius 1 is 1.50 bits per heavy atom. The van der Waals surface area contributed by atoms with Gasteiger partial charge in [-0.15, -0.1) is 6.58 Å². The van der Waals surface area contributed by atoms with Crippen LogP contribution in [0.3, 0.4) is 0 Å². The average molecular weight is 220 g/mol. The summed E-state index contributed by atoms with van der Waals surface area (Å²) in [4.78, 5) is 0. The summed E-state index contributed by atoms with van der Waals surface area (Å²) in [5.74, 6) is 1.11. The molecule has 1 N–H and O–H groups in total. The molecule has 86 valence electrons. The van der Waals surface area contributed by atoms with Crippen molar-refractivity contribution in [3.05, 3.63) is 36.3 Å². The van der Waals surface area contributed by atoms with Gasteiger partial charge in [-0.3, -0.25) is 0 Å². The van der Waals surface area contributed by atoms with Gasteiger partial charge in [0.1, 0.15) is 11.8 Å². The lowest BCUT2D eigenvalue weighted by molar-refractivity contribution is 0.140. The van der Waals surface area contributed by atoms with Crippen molar-refractivity contribution in [2.24, 2.45) is 0 Å². The van der Waals surface area contributed by atoms with Crippen LogP contribution in [0.4, 0.5) is 0 Å². The number of ether oxygens (including phenoxy) is 1. The molecule has 4 nitrogen and oxygen atoms in total. The molecule has 16 heavy (non-hydrogen) atoms. The van der Waals surface area contributed by atoms with Crippen molar-refractivity contribution in [3.8, 4) is 6.07 Å². The van der Waals surface area contributed by atoms with Crippen LogP contribution in [-0.4, -0.2) is 19.8 Å². The molecule has 0 atom stereocenters. The quantitative estimate of drug-likeness (QED) is 0.536. The van der Waals surface area contributed by atoms with Crippen LogP contribution >= 0.6 is 0 Å². The Bertz CT molecular complexity index is 352. The molecular formula is C12H16N2O2. The number of nitrogens with zero attached hydrogens (tertiary/aromatic N) is 1. The monoisotopic (exact) mass is 220 g/mol. The van der Waals surface area contributed by atoms with E-state index in [-0.39, 0.29) is 0 Å². The summed E-state index contributed by atoms with van der Waals surface area (Å²) in [5.41, 5.74) is 0. The van der Waals surface area contributed by atoms with E-state index in [0.717, 1.165) is 18.7 Å². The van der Waals surface area contributed by atoms with Gasteiger partial charge < -0.3 is 14.5 Å².